The van der Waals surface area contributed by atoms with Crippen LogP contribution in [0.15, 0.2) is 4.99 Å². The highest BCUT2D eigenvalue weighted by Gasteiger charge is 1.33. The third-order valence-corrected chi connectivity index (χ3v) is 0.600. The zero-order valence-corrected chi connectivity index (χ0v) is 4.29. The number of hydrogen-bond donors (Lipinski definition) is 1. The van der Waals surface area contributed by atoms with Crippen molar-refractivity contribution in [1.82, 2.24) is 0 Å². The van der Waals surface area contributed by atoms with Crippen LogP contribution in [0, 0.1) is 0 Å². The summed E-state index contributed by atoms with van der Waals surface area (Å²) in [6.45, 7) is 0. The predicted octanol–water partition coefficient (Wildman–Crippen LogP) is 0.617. The van der Waals surface area contributed by atoms with Crippen LogP contribution in [-0.2, 0) is 0 Å². The zero-order valence-electron chi connectivity index (χ0n) is 3.39. The highest BCUT2D eigenvalue weighted by Crippen LogP contribution is 1.60. The molecule has 2 heteroatoms. The number of hydrogen-bond acceptors (Lipinski definition) is 1. The van der Waals surface area contributed by atoms with E-state index in [0.717, 1.165) is 11.4 Å². The highest BCUT2D eigenvalue weighted by molar-refractivity contribution is 7.96. The summed E-state index contributed by atoms with van der Waals surface area (Å²) in [6.07, 6.45) is 1.98. The Hall–Kier alpha value is -0.0700. The maximum Gasteiger partial charge on any atom is 0.0377 e. The fourth-order valence-corrected chi connectivity index (χ4v) is 0.300. The molecule has 0 N–H and O–H groups in total. The van der Waals surface area contributed by atoms with Gasteiger partial charge in [-0.15, -0.1) is 11.4 Å². The second-order valence-electron chi connectivity index (χ2n) is 0.547. The Bertz CT molecular complexity index is 55.3. The molecule has 0 fully saturated rings. The van der Waals surface area contributed by atoms with E-state index in [-0.39, 0.29) is 0 Å². The molecule has 1 nitrogen and oxygen atoms in total. The molecule has 0 radical (unpaired) electrons. The molecule has 0 atom stereocenters. The minimum absolute atomic E-state index is 1.11. The van der Waals surface area contributed by atoms with Gasteiger partial charge in [0.15, 0.2) is 0 Å². The molecule has 0 rings (SSSR count). The minimum Gasteiger partial charge on any atom is -0.241 e. The Morgan fingerprint density at radius 3 is 2.40 bits per heavy atom. The van der Waals surface area contributed by atoms with Crippen molar-refractivity contribution in [3.63, 3.8) is 0 Å². The molecule has 0 aliphatic carbocycles. The van der Waals surface area contributed by atoms with Crippen LogP contribution in [0.1, 0.15) is 0 Å². The molecule has 5 heavy (non-hydrogen) atoms. The smallest absolute Gasteiger partial charge is 0.0377 e. The topological polar surface area (TPSA) is 12.4 Å². The fraction of sp³-hybridized carbons (Fsp3) is 0.667. The average molecular weight is 89.2 g/mol. The lowest BCUT2D eigenvalue weighted by atomic mass is 11.4. The first kappa shape index (κ1) is 4.93. The molecule has 0 aromatic carbocycles. The summed E-state index contributed by atoms with van der Waals surface area (Å²) in [5, 5.41) is 2.71. The third-order valence-electron chi connectivity index (χ3n) is 0.200. The second kappa shape index (κ2) is 3.93. The summed E-state index contributed by atoms with van der Waals surface area (Å²) in [6, 6.07) is 0. The third kappa shape index (κ3) is 3.93. The van der Waals surface area contributed by atoms with Crippen molar-refractivity contribution in [3.05, 3.63) is 0 Å². The predicted molar refractivity (Wildman–Crippen MR) is 28.3 cm³/mol. The zero-order chi connectivity index (χ0) is 4.12. The minimum atomic E-state index is 1.11. The normalized spacial score (nSPS) is 6.00. The first-order chi connectivity index (χ1) is 2.41. The first-order valence-electron chi connectivity index (χ1n) is 1.34. The van der Waals surface area contributed by atoms with Crippen LogP contribution >= 0.6 is 11.4 Å². The molecule has 0 amide bonds. The maximum atomic E-state index is 3.59. The Labute approximate surface area is 35.7 Å². The summed E-state index contributed by atoms with van der Waals surface area (Å²) < 4.78 is 0. The van der Waals surface area contributed by atoms with E-state index in [2.05, 4.69) is 10.2 Å². The van der Waals surface area contributed by atoms with Gasteiger partial charge in [-0.2, -0.15) is 0 Å². The van der Waals surface area contributed by atoms with E-state index in [1.165, 1.54) is 0 Å². The van der Waals surface area contributed by atoms with Gasteiger partial charge in [-0.25, -0.2) is 4.99 Å². The van der Waals surface area contributed by atoms with E-state index in [1.807, 2.05) is 6.26 Å². The van der Waals surface area contributed by atoms with Crippen LogP contribution in [-0.4, -0.2) is 18.5 Å². The molecule has 0 saturated heterocycles. The van der Waals surface area contributed by atoms with E-state index in [1.54, 1.807) is 7.05 Å². The molecule has 30 valence electrons. The van der Waals surface area contributed by atoms with Gasteiger partial charge in [0.2, 0.25) is 0 Å². The number of nitrogens with zero attached hydrogens (tertiary/aromatic N) is 1. The second-order valence-corrected chi connectivity index (χ2v) is 1.19. The highest BCUT2D eigenvalue weighted by atomic mass is 32.1. The number of aliphatic imine (C=N–C) groups is 1. The van der Waals surface area contributed by atoms with E-state index in [0.29, 0.717) is 0 Å². The van der Waals surface area contributed by atoms with Gasteiger partial charge in [0.1, 0.15) is 0 Å². The van der Waals surface area contributed by atoms with Gasteiger partial charge in [0, 0.05) is 12.2 Å². The van der Waals surface area contributed by atoms with Crippen LogP contribution < -0.4 is 0 Å². The van der Waals surface area contributed by atoms with Crippen molar-refractivity contribution < 1.29 is 0 Å². The maximum absolute atomic E-state index is 3.59. The van der Waals surface area contributed by atoms with Crippen molar-refractivity contribution in [2.24, 2.45) is 4.99 Å². The van der Waals surface area contributed by atoms with E-state index in [9.17, 15) is 0 Å². The van der Waals surface area contributed by atoms with Crippen molar-refractivity contribution >= 4 is 16.5 Å². The van der Waals surface area contributed by atoms with Crippen molar-refractivity contribution in [1.29, 1.82) is 0 Å². The van der Waals surface area contributed by atoms with Crippen LogP contribution in [0.3, 0.4) is 0 Å². The van der Waals surface area contributed by atoms with Crippen LogP contribution in [0.2, 0.25) is 0 Å². The largest absolute Gasteiger partial charge is 0.241 e. The molecular formula is C3H7NS. The number of thiol groups is 1. The molecule has 0 saturated carbocycles. The molecule has 0 aromatic rings. The molecule has 0 unspecified atom stereocenters. The molecular weight excluding hydrogens is 82.1 g/mol. The van der Waals surface area contributed by atoms with Crippen molar-refractivity contribution in [2.45, 2.75) is 0 Å². The molecule has 0 aromatic heterocycles. The Morgan fingerprint density at radius 1 is 1.80 bits per heavy atom. The number of rotatable bonds is 0. The van der Waals surface area contributed by atoms with Crippen LogP contribution in [0.5, 0.6) is 0 Å². The molecule has 0 aliphatic heterocycles. The SMILES string of the molecule is CN=C=[SH]C. The summed E-state index contributed by atoms with van der Waals surface area (Å²) in [5.41, 5.74) is 0. The average Bonchev–Trinajstić information content (AvgIpc) is 1.41. The monoisotopic (exact) mass is 89.0 g/mol. The Balaban J connectivity index is 3.26. The van der Waals surface area contributed by atoms with Gasteiger partial charge < -0.3 is 0 Å². The van der Waals surface area contributed by atoms with Gasteiger partial charge in [0.05, 0.1) is 0 Å². The van der Waals surface area contributed by atoms with Gasteiger partial charge >= 0.3 is 0 Å². The Kier molecular flexibility index (Phi) is 3.87. The van der Waals surface area contributed by atoms with Gasteiger partial charge in [-0.3, -0.25) is 0 Å². The van der Waals surface area contributed by atoms with Gasteiger partial charge in [-0.05, 0) is 6.26 Å². The molecule has 0 heterocycles. The van der Waals surface area contributed by atoms with Gasteiger partial charge in [-0.1, -0.05) is 0 Å². The summed E-state index contributed by atoms with van der Waals surface area (Å²) in [4.78, 5) is 3.59. The summed E-state index contributed by atoms with van der Waals surface area (Å²) in [7, 11) is 1.72. The quantitative estimate of drug-likeness (QED) is 0.254. The van der Waals surface area contributed by atoms with E-state index >= 15 is 0 Å². The standard InChI is InChI=1S/C3H7NS/c1-4-3-5-2/h5H,1-2H3. The summed E-state index contributed by atoms with van der Waals surface area (Å²) in [5.74, 6) is 0. The van der Waals surface area contributed by atoms with Crippen LogP contribution in [0.25, 0.3) is 0 Å². The Morgan fingerprint density at radius 2 is 2.40 bits per heavy atom. The molecule has 0 spiro atoms. The van der Waals surface area contributed by atoms with Gasteiger partial charge in [0.25, 0.3) is 0 Å². The lowest BCUT2D eigenvalue weighted by Crippen LogP contribution is -1.39. The van der Waals surface area contributed by atoms with Crippen molar-refractivity contribution in [2.75, 3.05) is 13.3 Å². The lowest BCUT2D eigenvalue weighted by molar-refractivity contribution is 1.49. The van der Waals surface area contributed by atoms with E-state index < -0.39 is 0 Å². The number of isothiocyanates is 1. The first-order valence-corrected chi connectivity index (χ1v) is 2.68. The van der Waals surface area contributed by atoms with Crippen molar-refractivity contribution in [3.8, 4) is 0 Å². The fourth-order valence-electron chi connectivity index (χ4n) is 0.100. The molecule has 0 bridgehead atoms. The summed E-state index contributed by atoms with van der Waals surface area (Å²) >= 11 is 1.11. The molecule has 0 aliphatic rings. The van der Waals surface area contributed by atoms with E-state index in [4.69, 9.17) is 0 Å². The van der Waals surface area contributed by atoms with Crippen LogP contribution in [0.4, 0.5) is 0 Å². The lowest BCUT2D eigenvalue weighted by Gasteiger charge is -1.51.